The van der Waals surface area contributed by atoms with E-state index in [2.05, 4.69) is 25.4 Å². The molecule has 1 aromatic carbocycles. The lowest BCUT2D eigenvalue weighted by atomic mass is 10.0. The fraction of sp³-hybridized carbons (Fsp3) is 0.368. The fourth-order valence-corrected chi connectivity index (χ4v) is 4.94. The van der Waals surface area contributed by atoms with Gasteiger partial charge in [-0.1, -0.05) is 6.07 Å². The molecule has 0 radical (unpaired) electrons. The van der Waals surface area contributed by atoms with Gasteiger partial charge in [0, 0.05) is 40.7 Å². The van der Waals surface area contributed by atoms with Gasteiger partial charge in [-0.25, -0.2) is 4.98 Å². The number of rotatable bonds is 3. The molecule has 2 saturated heterocycles. The second-order valence-electron chi connectivity index (χ2n) is 7.11. The van der Waals surface area contributed by atoms with E-state index in [1.807, 2.05) is 37.6 Å². The lowest BCUT2D eigenvalue weighted by Gasteiger charge is -2.30. The van der Waals surface area contributed by atoms with Gasteiger partial charge in [-0.2, -0.15) is 5.10 Å². The zero-order valence-electron chi connectivity index (χ0n) is 15.5. The van der Waals surface area contributed by atoms with Crippen molar-refractivity contribution >= 4 is 34.5 Å². The highest BCUT2D eigenvalue weighted by Gasteiger charge is 2.48. The lowest BCUT2D eigenvalue weighted by Crippen LogP contribution is -2.53. The number of carboxylic acid groups (broad SMARTS) is 1. The molecule has 3 aromatic rings. The van der Waals surface area contributed by atoms with Crippen LogP contribution in [0.5, 0.6) is 0 Å². The monoisotopic (exact) mass is 399 g/mol. The van der Waals surface area contributed by atoms with Gasteiger partial charge in [-0.05, 0) is 32.5 Å². The standard InChI is InChI=1S/C18H19N5OS.CH2O2/c1-9-8-25-18(20-9)10-3-4-12-13(5-10)21-22-15(12)17(24)16-14-6-11(7-19-14)23(16)2;2-1-3/h3-5,8,11,14,16,19H,6-7H2,1-2H3,(H,21,22);1H,(H,2,3)/t11-,14+,16?;/m0./s1. The molecule has 0 amide bonds. The van der Waals surface area contributed by atoms with Crippen molar-refractivity contribution in [2.75, 3.05) is 13.6 Å². The van der Waals surface area contributed by atoms with Crippen molar-refractivity contribution in [1.82, 2.24) is 25.4 Å². The van der Waals surface area contributed by atoms with Gasteiger partial charge in [-0.3, -0.25) is 19.6 Å². The number of hydrogen-bond donors (Lipinski definition) is 3. The topological polar surface area (TPSA) is 111 Å². The Bertz CT molecular complexity index is 1030. The highest BCUT2D eigenvalue weighted by Crippen LogP contribution is 2.32. The number of nitrogens with one attached hydrogen (secondary N) is 2. The molecule has 28 heavy (non-hydrogen) atoms. The molecule has 2 aliphatic rings. The largest absolute Gasteiger partial charge is 0.483 e. The summed E-state index contributed by atoms with van der Waals surface area (Å²) in [5.41, 5.74) is 3.50. The molecule has 9 heteroatoms. The van der Waals surface area contributed by atoms with Crippen LogP contribution < -0.4 is 5.32 Å². The Balaban J connectivity index is 0.000000604. The summed E-state index contributed by atoms with van der Waals surface area (Å²) < 4.78 is 0. The quantitative estimate of drug-likeness (QED) is 0.456. The molecule has 2 aliphatic heterocycles. The number of fused-ring (bicyclic) bond motifs is 3. The summed E-state index contributed by atoms with van der Waals surface area (Å²) in [7, 11) is 2.05. The number of nitrogens with zero attached hydrogens (tertiary/aromatic N) is 3. The number of Topliss-reactive ketones (excluding diaryl/α,β-unsaturated/α-hetero) is 1. The Morgan fingerprint density at radius 3 is 2.86 bits per heavy atom. The minimum atomic E-state index is -0.250. The van der Waals surface area contributed by atoms with Crippen molar-refractivity contribution in [3.8, 4) is 10.6 Å². The summed E-state index contributed by atoms with van der Waals surface area (Å²) in [5.74, 6) is 0.103. The molecule has 2 aromatic heterocycles. The van der Waals surface area contributed by atoms with Crippen LogP contribution in [0, 0.1) is 6.92 Å². The van der Waals surface area contributed by atoms with Crippen LogP contribution in [0.25, 0.3) is 21.5 Å². The van der Waals surface area contributed by atoms with Crippen LogP contribution in [0.15, 0.2) is 23.6 Å². The number of thiazole rings is 1. The third-order valence-electron chi connectivity index (χ3n) is 5.47. The van der Waals surface area contributed by atoms with Crippen LogP contribution in [0.1, 0.15) is 22.6 Å². The number of piperazine rings is 1. The maximum absolute atomic E-state index is 13.1. The Morgan fingerprint density at radius 2 is 2.21 bits per heavy atom. The molecule has 0 spiro atoms. The average molecular weight is 399 g/mol. The summed E-state index contributed by atoms with van der Waals surface area (Å²) in [5, 5.41) is 21.6. The number of hydrogen-bond acceptors (Lipinski definition) is 7. The zero-order chi connectivity index (χ0) is 19.8. The van der Waals surface area contributed by atoms with Crippen LogP contribution in [0.2, 0.25) is 0 Å². The second kappa shape index (κ2) is 7.42. The first-order valence-electron chi connectivity index (χ1n) is 9.01. The van der Waals surface area contributed by atoms with Crippen LogP contribution >= 0.6 is 11.3 Å². The van der Waals surface area contributed by atoms with Gasteiger partial charge >= 0.3 is 0 Å². The normalized spacial score (nSPS) is 23.6. The molecule has 8 nitrogen and oxygen atoms in total. The van der Waals surface area contributed by atoms with E-state index in [1.165, 1.54) is 0 Å². The Labute approximate surface area is 165 Å². The summed E-state index contributed by atoms with van der Waals surface area (Å²) in [6.07, 6.45) is 1.04. The third kappa shape index (κ3) is 3.11. The Hall–Kier alpha value is -2.62. The molecule has 2 fully saturated rings. The van der Waals surface area contributed by atoms with E-state index in [0.29, 0.717) is 11.7 Å². The van der Waals surface area contributed by atoms with Crippen molar-refractivity contribution in [2.24, 2.45) is 0 Å². The van der Waals surface area contributed by atoms with E-state index in [0.717, 1.165) is 40.1 Å². The number of likely N-dealkylation sites (N-methyl/N-ethyl adjacent to an activating group) is 1. The van der Waals surface area contributed by atoms with E-state index < -0.39 is 0 Å². The average Bonchev–Trinajstić information content (AvgIpc) is 3.44. The number of aryl methyl sites for hydroxylation is 1. The van der Waals surface area contributed by atoms with Crippen LogP contribution in [0.4, 0.5) is 0 Å². The van der Waals surface area contributed by atoms with E-state index in [4.69, 9.17) is 9.90 Å². The molecule has 0 aliphatic carbocycles. The van der Waals surface area contributed by atoms with Gasteiger partial charge in [0.25, 0.3) is 6.47 Å². The molecule has 5 rings (SSSR count). The molecular formula is C19H21N5O3S. The first kappa shape index (κ1) is 18.7. The third-order valence-corrected chi connectivity index (χ3v) is 6.48. The summed E-state index contributed by atoms with van der Waals surface area (Å²) in [6, 6.07) is 6.62. The van der Waals surface area contributed by atoms with Crippen LogP contribution in [-0.2, 0) is 4.79 Å². The van der Waals surface area contributed by atoms with Crippen molar-refractivity contribution in [3.05, 3.63) is 35.0 Å². The molecule has 2 bridgehead atoms. The molecule has 3 N–H and O–H groups in total. The highest BCUT2D eigenvalue weighted by molar-refractivity contribution is 7.13. The predicted molar refractivity (Wildman–Crippen MR) is 107 cm³/mol. The van der Waals surface area contributed by atoms with Gasteiger partial charge in [0.1, 0.15) is 10.7 Å². The van der Waals surface area contributed by atoms with Crippen LogP contribution in [0.3, 0.4) is 0 Å². The second-order valence-corrected chi connectivity index (χ2v) is 7.97. The van der Waals surface area contributed by atoms with Crippen molar-refractivity contribution in [3.63, 3.8) is 0 Å². The summed E-state index contributed by atoms with van der Waals surface area (Å²) >= 11 is 1.63. The van der Waals surface area contributed by atoms with E-state index >= 15 is 0 Å². The number of carbonyl (C=O) groups excluding carboxylic acids is 1. The van der Waals surface area contributed by atoms with Gasteiger partial charge in [-0.15, -0.1) is 11.3 Å². The Morgan fingerprint density at radius 1 is 1.43 bits per heavy atom. The Kier molecular flexibility index (Phi) is 4.96. The van der Waals surface area contributed by atoms with E-state index in [1.54, 1.807) is 11.3 Å². The molecule has 1 unspecified atom stereocenters. The van der Waals surface area contributed by atoms with Gasteiger partial charge in [0.15, 0.2) is 0 Å². The number of benzene rings is 1. The first-order chi connectivity index (χ1) is 13.5. The molecule has 4 heterocycles. The molecular weight excluding hydrogens is 378 g/mol. The van der Waals surface area contributed by atoms with Gasteiger partial charge in [0.05, 0.1) is 11.6 Å². The lowest BCUT2D eigenvalue weighted by molar-refractivity contribution is -0.122. The fourth-order valence-electron chi connectivity index (χ4n) is 4.14. The maximum Gasteiger partial charge on any atom is 0.290 e. The number of aromatic nitrogens is 3. The number of aromatic amines is 1. The van der Waals surface area contributed by atoms with E-state index in [-0.39, 0.29) is 24.3 Å². The summed E-state index contributed by atoms with van der Waals surface area (Å²) in [4.78, 5) is 28.2. The van der Waals surface area contributed by atoms with Gasteiger partial charge < -0.3 is 10.4 Å². The number of carbonyl (C=O) groups is 2. The molecule has 146 valence electrons. The number of likely N-dealkylation sites (tertiary alicyclic amines) is 1. The minimum absolute atomic E-state index is 0.103. The maximum atomic E-state index is 13.1. The van der Waals surface area contributed by atoms with Crippen molar-refractivity contribution < 1.29 is 14.7 Å². The van der Waals surface area contributed by atoms with Crippen LogP contribution in [-0.4, -0.2) is 69.2 Å². The number of ketones is 1. The SMILES string of the molecule is Cc1csc(-c2ccc3c(C(=O)C4[C@H]5C[C@@H](CN5)N4C)n[nH]c3c2)n1.O=CO. The van der Waals surface area contributed by atoms with Crippen molar-refractivity contribution in [2.45, 2.75) is 31.5 Å². The predicted octanol–water partition coefficient (Wildman–Crippen LogP) is 1.92. The summed E-state index contributed by atoms with van der Waals surface area (Å²) in [6.45, 7) is 2.72. The number of H-pyrrole nitrogens is 1. The highest BCUT2D eigenvalue weighted by atomic mass is 32.1. The molecule has 3 atom stereocenters. The first-order valence-corrected chi connectivity index (χ1v) is 9.89. The smallest absolute Gasteiger partial charge is 0.290 e. The van der Waals surface area contributed by atoms with E-state index in [9.17, 15) is 4.79 Å². The van der Waals surface area contributed by atoms with Crippen molar-refractivity contribution in [1.29, 1.82) is 0 Å². The zero-order valence-corrected chi connectivity index (χ0v) is 16.4. The minimum Gasteiger partial charge on any atom is -0.483 e. The molecule has 0 saturated carbocycles. The van der Waals surface area contributed by atoms with Gasteiger partial charge in [0.2, 0.25) is 5.78 Å².